The molecule has 0 amide bonds. The summed E-state index contributed by atoms with van der Waals surface area (Å²) in [6.45, 7) is 3.99. The molecule has 4 heteroatoms. The maximum atomic E-state index is 5.31. The van der Waals surface area contributed by atoms with E-state index in [2.05, 4.69) is 4.74 Å². The number of ether oxygens (including phenoxy) is 1. The van der Waals surface area contributed by atoms with E-state index in [1.807, 2.05) is 13.8 Å². The van der Waals surface area contributed by atoms with Crippen LogP contribution in [0.15, 0.2) is 0 Å². The topological polar surface area (TPSA) is 44.0 Å². The van der Waals surface area contributed by atoms with Crippen LogP contribution in [0.25, 0.3) is 0 Å². The van der Waals surface area contributed by atoms with E-state index < -0.39 is 0 Å². The summed E-state index contributed by atoms with van der Waals surface area (Å²) >= 11 is 10.5. The average molecular weight is 189 g/mol. The second-order valence-corrected chi connectivity index (χ2v) is 2.69. The minimum Gasteiger partial charge on any atom is -0.412 e. The van der Waals surface area contributed by atoms with Crippen LogP contribution in [0.3, 0.4) is 0 Å². The zero-order chi connectivity index (χ0) is 7.28. The van der Waals surface area contributed by atoms with Gasteiger partial charge in [0.05, 0.1) is 6.10 Å². The van der Waals surface area contributed by atoms with Gasteiger partial charge in [0.15, 0.2) is 5.56 Å². The number of rotatable bonds is 1. The second-order valence-electron chi connectivity index (χ2n) is 1.88. The molecule has 64 valence electrons. The van der Waals surface area contributed by atoms with E-state index in [0.717, 1.165) is 12.3 Å². The third-order valence-electron chi connectivity index (χ3n) is 0.826. The van der Waals surface area contributed by atoms with E-state index in [-0.39, 0.29) is 11.0 Å². The monoisotopic (exact) mass is 188 g/mol. The van der Waals surface area contributed by atoms with E-state index in [1.54, 1.807) is 0 Å². The average Bonchev–Trinajstić information content (AvgIpc) is 2.47. The third-order valence-corrected chi connectivity index (χ3v) is 1.66. The summed E-state index contributed by atoms with van der Waals surface area (Å²) in [6.07, 6.45) is 1.40. The van der Waals surface area contributed by atoms with Crippen LogP contribution in [0, 0.1) is 0 Å². The quantitative estimate of drug-likeness (QED) is 0.458. The molecule has 0 saturated carbocycles. The number of epoxide rings is 1. The number of halogens is 2. The first-order valence-corrected chi connectivity index (χ1v) is 4.05. The van der Waals surface area contributed by atoms with Crippen molar-refractivity contribution in [3.8, 4) is 0 Å². The van der Waals surface area contributed by atoms with Crippen LogP contribution in [0.5, 0.6) is 0 Å². The molecule has 0 aromatic heterocycles. The van der Waals surface area contributed by atoms with Gasteiger partial charge in [0.25, 0.3) is 0 Å². The summed E-state index contributed by atoms with van der Waals surface area (Å²) in [5.41, 5.74) is 0.0231. The van der Waals surface area contributed by atoms with Crippen LogP contribution in [0.2, 0.25) is 0 Å². The maximum Gasteiger partial charge on any atom is 0.157 e. The predicted octanol–water partition coefficient (Wildman–Crippen LogP) is 1.78. The van der Waals surface area contributed by atoms with Crippen molar-refractivity contribution in [2.75, 3.05) is 5.88 Å². The van der Waals surface area contributed by atoms with Gasteiger partial charge in [-0.3, -0.25) is 0 Å². The third kappa shape index (κ3) is 8.50. The van der Waals surface area contributed by atoms with Crippen molar-refractivity contribution >= 4 is 23.2 Å². The molecule has 0 aromatic rings. The lowest BCUT2D eigenvalue weighted by Crippen LogP contribution is -1.69. The molecule has 1 fully saturated rings. The molecule has 0 spiro atoms. The van der Waals surface area contributed by atoms with E-state index in [4.69, 9.17) is 23.2 Å². The van der Waals surface area contributed by atoms with Gasteiger partial charge in [-0.2, -0.15) is 0 Å². The van der Waals surface area contributed by atoms with Crippen molar-refractivity contribution < 1.29 is 10.2 Å². The normalized spacial score (nSPS) is 27.6. The number of alkyl halides is 2. The molecule has 0 radical (unpaired) electrons. The highest BCUT2D eigenvalue weighted by Crippen LogP contribution is 2.23. The summed E-state index contributed by atoms with van der Waals surface area (Å²) in [5, 5.41) is 0. The van der Waals surface area contributed by atoms with Gasteiger partial charge in [0, 0.05) is 5.88 Å². The molecule has 2 N–H and O–H groups in total. The lowest BCUT2D eigenvalue weighted by molar-refractivity contribution is 0.411. The highest BCUT2D eigenvalue weighted by Gasteiger charge is 2.30. The van der Waals surface area contributed by atoms with Gasteiger partial charge in [0.1, 0.15) is 0 Å². The van der Waals surface area contributed by atoms with Crippen LogP contribution in [-0.4, -0.2) is 23.0 Å². The second kappa shape index (κ2) is 7.61. The first-order valence-electron chi connectivity index (χ1n) is 3.07. The smallest absolute Gasteiger partial charge is 0.157 e. The minimum atomic E-state index is 0. The lowest BCUT2D eigenvalue weighted by atomic mass is 10.6. The van der Waals surface area contributed by atoms with Crippen LogP contribution in [0.1, 0.15) is 20.3 Å². The highest BCUT2D eigenvalue weighted by molar-refractivity contribution is 6.21. The first kappa shape index (κ1) is 13.1. The number of hydrogen-bond acceptors (Lipinski definition) is 1. The highest BCUT2D eigenvalue weighted by atomic mass is 35.5. The van der Waals surface area contributed by atoms with Gasteiger partial charge >= 0.3 is 0 Å². The molecule has 2 atom stereocenters. The Labute approximate surface area is 71.8 Å². The zero-order valence-electron chi connectivity index (χ0n) is 6.23. The van der Waals surface area contributed by atoms with E-state index in [0.29, 0.717) is 6.10 Å². The number of hydrogen-bond donors (Lipinski definition) is 0. The van der Waals surface area contributed by atoms with Gasteiger partial charge in [-0.05, 0) is 13.3 Å². The van der Waals surface area contributed by atoms with Gasteiger partial charge in [-0.25, -0.2) is 0 Å². The molecule has 1 heterocycles. The van der Waals surface area contributed by atoms with Crippen LogP contribution in [0.4, 0.5) is 0 Å². The molecule has 1 aliphatic heterocycles. The standard InChI is InChI=1S/C3H5ClO.C3H7Cl.H2O/c1-2-3(4)5-2;1-2-3-4;/h2-3H,1H3;2-3H2,1H3;1H2. The molecule has 1 saturated heterocycles. The Morgan fingerprint density at radius 3 is 1.70 bits per heavy atom. The summed E-state index contributed by atoms with van der Waals surface area (Å²) < 4.78 is 4.68. The molecule has 1 aliphatic rings. The van der Waals surface area contributed by atoms with Gasteiger partial charge < -0.3 is 10.2 Å². The van der Waals surface area contributed by atoms with Crippen molar-refractivity contribution in [2.24, 2.45) is 0 Å². The van der Waals surface area contributed by atoms with Crippen molar-refractivity contribution in [3.63, 3.8) is 0 Å². The van der Waals surface area contributed by atoms with Crippen molar-refractivity contribution in [1.29, 1.82) is 0 Å². The largest absolute Gasteiger partial charge is 0.412 e. The summed E-state index contributed by atoms with van der Waals surface area (Å²) in [5.74, 6) is 0.792. The Morgan fingerprint density at radius 2 is 1.70 bits per heavy atom. The molecular weight excluding hydrogens is 175 g/mol. The fourth-order valence-corrected chi connectivity index (χ4v) is 0.322. The molecule has 0 aromatic carbocycles. The van der Waals surface area contributed by atoms with Crippen molar-refractivity contribution in [1.82, 2.24) is 0 Å². The van der Waals surface area contributed by atoms with Crippen LogP contribution in [-0.2, 0) is 4.74 Å². The fourth-order valence-electron chi connectivity index (χ4n) is 0.160. The van der Waals surface area contributed by atoms with Gasteiger partial charge in [0.2, 0.25) is 0 Å². The molecule has 1 rings (SSSR count). The molecule has 0 aliphatic carbocycles. The zero-order valence-corrected chi connectivity index (χ0v) is 7.74. The maximum absolute atomic E-state index is 5.31. The van der Waals surface area contributed by atoms with Gasteiger partial charge in [-0.15, -0.1) is 11.6 Å². The van der Waals surface area contributed by atoms with E-state index in [1.165, 1.54) is 0 Å². The minimum absolute atomic E-state index is 0. The first-order chi connectivity index (χ1) is 4.22. The SMILES string of the molecule is CC1OC1Cl.CCCCl.O. The Kier molecular flexibility index (Phi) is 9.97. The molecule has 10 heavy (non-hydrogen) atoms. The molecule has 2 nitrogen and oxygen atoms in total. The summed E-state index contributed by atoms with van der Waals surface area (Å²) in [4.78, 5) is 0. The molecule has 2 unspecified atom stereocenters. The molecular formula is C6H14Cl2O2. The Hall–Kier alpha value is 0.500. The summed E-state index contributed by atoms with van der Waals surface area (Å²) in [7, 11) is 0. The van der Waals surface area contributed by atoms with Gasteiger partial charge in [-0.1, -0.05) is 18.5 Å². The Balaban J connectivity index is 0. The lowest BCUT2D eigenvalue weighted by Gasteiger charge is -1.65. The van der Waals surface area contributed by atoms with Crippen molar-refractivity contribution in [2.45, 2.75) is 31.9 Å². The predicted molar refractivity (Wildman–Crippen MR) is 44.8 cm³/mol. The summed E-state index contributed by atoms with van der Waals surface area (Å²) in [6, 6.07) is 0. The Morgan fingerprint density at radius 1 is 1.50 bits per heavy atom. The van der Waals surface area contributed by atoms with E-state index >= 15 is 0 Å². The van der Waals surface area contributed by atoms with Crippen LogP contribution < -0.4 is 0 Å². The van der Waals surface area contributed by atoms with Crippen LogP contribution >= 0.6 is 23.2 Å². The van der Waals surface area contributed by atoms with Crippen molar-refractivity contribution in [3.05, 3.63) is 0 Å². The Bertz CT molecular complexity index is 62.8. The molecule has 0 bridgehead atoms. The van der Waals surface area contributed by atoms with E-state index in [9.17, 15) is 0 Å². The fraction of sp³-hybridized carbons (Fsp3) is 1.00.